The van der Waals surface area contributed by atoms with Crippen molar-refractivity contribution >= 4 is 6.29 Å². The molecule has 0 amide bonds. The summed E-state index contributed by atoms with van der Waals surface area (Å²) in [7, 11) is 0. The van der Waals surface area contributed by atoms with E-state index in [1.165, 1.54) is 0 Å². The maximum atomic E-state index is 10.2. The third-order valence-corrected chi connectivity index (χ3v) is 1.14. The van der Waals surface area contributed by atoms with Crippen molar-refractivity contribution in [1.29, 1.82) is 0 Å². The van der Waals surface area contributed by atoms with Crippen LogP contribution in [0.2, 0.25) is 0 Å². The van der Waals surface area contributed by atoms with Gasteiger partial charge in [-0.1, -0.05) is 39.0 Å². The Kier molecular flexibility index (Phi) is 3.80. The monoisotopic (exact) mass is 152 g/mol. The third-order valence-electron chi connectivity index (χ3n) is 1.14. The van der Waals surface area contributed by atoms with Gasteiger partial charge in [-0.3, -0.25) is 4.79 Å². The van der Waals surface area contributed by atoms with Gasteiger partial charge < -0.3 is 0 Å². The Hall–Kier alpha value is -0.850. The van der Waals surface area contributed by atoms with Crippen molar-refractivity contribution in [2.45, 2.75) is 27.7 Å². The van der Waals surface area contributed by atoms with Gasteiger partial charge in [0.05, 0.1) is 0 Å². The molecule has 0 aliphatic rings. The minimum absolute atomic E-state index is 0.194. The van der Waals surface area contributed by atoms with Gasteiger partial charge in [-0.2, -0.15) is 0 Å². The van der Waals surface area contributed by atoms with Gasteiger partial charge >= 0.3 is 0 Å². The quantitative estimate of drug-likeness (QED) is 0.338. The highest BCUT2D eigenvalue weighted by molar-refractivity contribution is 5.72. The summed E-state index contributed by atoms with van der Waals surface area (Å²) in [5.41, 5.74) is 0.949. The second-order valence-corrected chi connectivity index (χ2v) is 3.75. The molecule has 0 saturated carbocycles. The third kappa shape index (κ3) is 7.04. The van der Waals surface area contributed by atoms with Crippen molar-refractivity contribution < 1.29 is 4.79 Å². The van der Waals surface area contributed by atoms with Gasteiger partial charge in [-0.05, 0) is 17.9 Å². The lowest BCUT2D eigenvalue weighted by Crippen LogP contribution is -1.97. The zero-order chi connectivity index (χ0) is 8.91. The molecule has 0 unspecified atom stereocenters. The second-order valence-electron chi connectivity index (χ2n) is 3.75. The van der Waals surface area contributed by atoms with Crippen LogP contribution in [-0.4, -0.2) is 6.29 Å². The highest BCUT2D eigenvalue weighted by Crippen LogP contribution is 2.14. The summed E-state index contributed by atoms with van der Waals surface area (Å²) in [5.74, 6) is 0. The molecule has 1 heteroatoms. The summed E-state index contributed by atoms with van der Waals surface area (Å²) in [6.45, 7) is 8.15. The van der Waals surface area contributed by atoms with Gasteiger partial charge in [0.25, 0.3) is 0 Å². The average Bonchev–Trinajstić information content (AvgIpc) is 1.85. The van der Waals surface area contributed by atoms with Crippen molar-refractivity contribution in [3.05, 3.63) is 23.8 Å². The first kappa shape index (κ1) is 10.2. The van der Waals surface area contributed by atoms with Crippen LogP contribution in [0.1, 0.15) is 27.7 Å². The van der Waals surface area contributed by atoms with Crippen LogP contribution in [0, 0.1) is 5.41 Å². The number of rotatable bonds is 2. The van der Waals surface area contributed by atoms with Gasteiger partial charge in [0.1, 0.15) is 6.29 Å². The summed E-state index contributed by atoms with van der Waals surface area (Å²) in [4.78, 5) is 10.2. The van der Waals surface area contributed by atoms with E-state index in [4.69, 9.17) is 0 Å². The van der Waals surface area contributed by atoms with E-state index in [1.807, 2.05) is 12.2 Å². The highest BCUT2D eigenvalue weighted by Gasteiger charge is 2.01. The van der Waals surface area contributed by atoms with E-state index < -0.39 is 0 Å². The molecule has 0 atom stereocenters. The molecule has 0 rings (SSSR count). The molecule has 1 nitrogen and oxygen atoms in total. The number of aldehydes is 1. The van der Waals surface area contributed by atoms with Crippen molar-refractivity contribution in [2.75, 3.05) is 0 Å². The van der Waals surface area contributed by atoms with E-state index in [2.05, 4.69) is 26.8 Å². The zero-order valence-corrected chi connectivity index (χ0v) is 7.72. The smallest absolute Gasteiger partial charge is 0.145 e. The second kappa shape index (κ2) is 4.12. The molecule has 0 aromatic carbocycles. The molecule has 62 valence electrons. The summed E-state index contributed by atoms with van der Waals surface area (Å²) in [6, 6.07) is 0. The minimum Gasteiger partial charge on any atom is -0.298 e. The summed E-state index contributed by atoms with van der Waals surface area (Å²) in [6.07, 6.45) is 6.66. The fourth-order valence-corrected chi connectivity index (χ4v) is 0.528. The summed E-state index contributed by atoms with van der Waals surface area (Å²) in [5, 5.41) is 0. The Balaban J connectivity index is 4.06. The largest absolute Gasteiger partial charge is 0.298 e. The van der Waals surface area contributed by atoms with Crippen LogP contribution in [0.5, 0.6) is 0 Å². The van der Waals surface area contributed by atoms with Gasteiger partial charge in [-0.15, -0.1) is 0 Å². The Morgan fingerprint density at radius 1 is 1.27 bits per heavy atom. The molecule has 0 spiro atoms. The molecule has 0 radical (unpaired) electrons. The van der Waals surface area contributed by atoms with Gasteiger partial charge in [0.2, 0.25) is 0 Å². The number of carbonyl (C=O) groups is 1. The predicted molar refractivity (Wildman–Crippen MR) is 48.4 cm³/mol. The lowest BCUT2D eigenvalue weighted by molar-refractivity contribution is -0.104. The lowest BCUT2D eigenvalue weighted by Gasteiger charge is -2.09. The van der Waals surface area contributed by atoms with Crippen LogP contribution in [0.25, 0.3) is 0 Å². The number of hydrogen-bond donors (Lipinski definition) is 0. The average molecular weight is 152 g/mol. The normalized spacial score (nSPS) is 14.0. The van der Waals surface area contributed by atoms with E-state index in [0.29, 0.717) is 0 Å². The van der Waals surface area contributed by atoms with Crippen LogP contribution >= 0.6 is 0 Å². The Morgan fingerprint density at radius 2 is 1.82 bits per heavy atom. The zero-order valence-electron chi connectivity index (χ0n) is 7.72. The fourth-order valence-electron chi connectivity index (χ4n) is 0.528. The van der Waals surface area contributed by atoms with Crippen molar-refractivity contribution in [2.24, 2.45) is 5.41 Å². The first-order chi connectivity index (χ1) is 4.95. The molecule has 0 fully saturated rings. The molecule has 0 N–H and O–H groups in total. The topological polar surface area (TPSA) is 17.1 Å². The van der Waals surface area contributed by atoms with Crippen LogP contribution in [0.3, 0.4) is 0 Å². The lowest BCUT2D eigenvalue weighted by atomic mass is 9.96. The maximum absolute atomic E-state index is 10.2. The molecule has 0 aliphatic heterocycles. The molecule has 0 aromatic heterocycles. The van der Waals surface area contributed by atoms with Crippen LogP contribution in [0.15, 0.2) is 23.8 Å². The molecule has 0 bridgehead atoms. The molecule has 11 heavy (non-hydrogen) atoms. The van der Waals surface area contributed by atoms with Gasteiger partial charge in [0, 0.05) is 0 Å². The molecule has 0 aromatic rings. The molecule has 0 aliphatic carbocycles. The summed E-state index contributed by atoms with van der Waals surface area (Å²) < 4.78 is 0. The molecule has 0 saturated heterocycles. The maximum Gasteiger partial charge on any atom is 0.145 e. The first-order valence-electron chi connectivity index (χ1n) is 3.77. The van der Waals surface area contributed by atoms with Crippen LogP contribution in [-0.2, 0) is 4.79 Å². The Bertz CT molecular complexity index is 180. The highest BCUT2D eigenvalue weighted by atomic mass is 16.1. The van der Waals surface area contributed by atoms with E-state index >= 15 is 0 Å². The van der Waals surface area contributed by atoms with E-state index in [0.717, 1.165) is 11.9 Å². The van der Waals surface area contributed by atoms with E-state index in [9.17, 15) is 4.79 Å². The predicted octanol–water partition coefficient (Wildman–Crippen LogP) is 2.73. The van der Waals surface area contributed by atoms with Crippen molar-refractivity contribution in [1.82, 2.24) is 0 Å². The molecular formula is C10H16O. The summed E-state index contributed by atoms with van der Waals surface area (Å²) >= 11 is 0. The van der Waals surface area contributed by atoms with Crippen LogP contribution < -0.4 is 0 Å². The fraction of sp³-hybridized carbons (Fsp3) is 0.500. The van der Waals surface area contributed by atoms with E-state index in [-0.39, 0.29) is 5.41 Å². The number of allylic oxidation sites excluding steroid dienone is 4. The Morgan fingerprint density at radius 3 is 2.18 bits per heavy atom. The SMILES string of the molecule is C/C(C=O)=C\C=C\C(C)(C)C. The number of carbonyl (C=O) groups excluding carboxylic acids is 1. The Labute approximate surface area is 68.8 Å². The van der Waals surface area contributed by atoms with Crippen molar-refractivity contribution in [3.63, 3.8) is 0 Å². The minimum atomic E-state index is 0.194. The molecular weight excluding hydrogens is 136 g/mol. The first-order valence-corrected chi connectivity index (χ1v) is 3.77. The van der Waals surface area contributed by atoms with Gasteiger partial charge in [0.15, 0.2) is 0 Å². The van der Waals surface area contributed by atoms with E-state index in [1.54, 1.807) is 6.92 Å². The van der Waals surface area contributed by atoms with Crippen molar-refractivity contribution in [3.8, 4) is 0 Å². The van der Waals surface area contributed by atoms with Gasteiger partial charge in [-0.25, -0.2) is 0 Å². The van der Waals surface area contributed by atoms with Crippen LogP contribution in [0.4, 0.5) is 0 Å². The molecule has 0 heterocycles. The number of hydrogen-bond acceptors (Lipinski definition) is 1. The standard InChI is InChI=1S/C10H16O/c1-9(8-11)6-5-7-10(2,3)4/h5-8H,1-4H3/b7-5+,9-6+.